The summed E-state index contributed by atoms with van der Waals surface area (Å²) in [6.07, 6.45) is -3.43. The summed E-state index contributed by atoms with van der Waals surface area (Å²) in [5, 5.41) is 7.88. The second-order valence-corrected chi connectivity index (χ2v) is 7.76. The first kappa shape index (κ1) is 19.8. The summed E-state index contributed by atoms with van der Waals surface area (Å²) in [7, 11) is -3.93. The number of imidazole rings is 1. The Balaban J connectivity index is 1.79. The summed E-state index contributed by atoms with van der Waals surface area (Å²) in [5.41, 5.74) is 0.690. The molecule has 0 saturated heterocycles. The fourth-order valence-corrected chi connectivity index (χ4v) is 3.42. The largest absolute Gasteiger partial charge is 0.450 e. The van der Waals surface area contributed by atoms with Gasteiger partial charge in [0.2, 0.25) is 21.8 Å². The van der Waals surface area contributed by atoms with E-state index in [2.05, 4.69) is 20.3 Å². The Morgan fingerprint density at radius 3 is 2.50 bits per heavy atom. The number of nitrogens with one attached hydrogen (secondary N) is 1. The number of alkyl halides is 3. The minimum absolute atomic E-state index is 0.0371. The zero-order chi connectivity index (χ0) is 21.5. The Kier molecular flexibility index (Phi) is 4.67. The first-order valence-corrected chi connectivity index (χ1v) is 9.95. The molecular weight excluding hydrogens is 421 g/mol. The maximum Gasteiger partial charge on any atom is 0.450 e. The Bertz CT molecular complexity index is 1350. The molecule has 0 atom stereocenters. The van der Waals surface area contributed by atoms with Crippen molar-refractivity contribution in [3.8, 4) is 5.82 Å². The van der Waals surface area contributed by atoms with Crippen molar-refractivity contribution < 1.29 is 21.6 Å². The number of rotatable bonds is 4. The fourth-order valence-electron chi connectivity index (χ4n) is 2.86. The fraction of sp³-hybridized carbons (Fsp3) is 0.0556. The number of nitrogens with two attached hydrogens (primary N) is 1. The van der Waals surface area contributed by atoms with Crippen molar-refractivity contribution in [2.24, 2.45) is 5.14 Å². The number of nitrogens with zero attached hydrogens (tertiary/aromatic N) is 4. The van der Waals surface area contributed by atoms with Crippen LogP contribution in [0.1, 0.15) is 5.82 Å². The number of para-hydroxylation sites is 2. The first-order chi connectivity index (χ1) is 14.1. The van der Waals surface area contributed by atoms with E-state index in [0.29, 0.717) is 5.69 Å². The minimum atomic E-state index is -4.71. The summed E-state index contributed by atoms with van der Waals surface area (Å²) in [6.45, 7) is 0. The molecule has 30 heavy (non-hydrogen) atoms. The van der Waals surface area contributed by atoms with E-state index >= 15 is 0 Å². The third-order valence-corrected chi connectivity index (χ3v) is 5.01. The molecule has 0 bridgehead atoms. The van der Waals surface area contributed by atoms with E-state index in [9.17, 15) is 21.6 Å². The lowest BCUT2D eigenvalue weighted by Gasteiger charge is -2.12. The van der Waals surface area contributed by atoms with Gasteiger partial charge in [-0.05, 0) is 36.4 Å². The van der Waals surface area contributed by atoms with Crippen molar-refractivity contribution in [2.75, 3.05) is 5.32 Å². The van der Waals surface area contributed by atoms with Crippen molar-refractivity contribution in [1.29, 1.82) is 0 Å². The monoisotopic (exact) mass is 434 g/mol. The van der Waals surface area contributed by atoms with Crippen molar-refractivity contribution in [1.82, 2.24) is 19.5 Å². The van der Waals surface area contributed by atoms with Crippen LogP contribution in [0.4, 0.5) is 24.8 Å². The number of halogens is 3. The molecule has 2 heterocycles. The molecule has 4 aromatic rings. The highest BCUT2D eigenvalue weighted by atomic mass is 32.2. The van der Waals surface area contributed by atoms with E-state index in [-0.39, 0.29) is 27.7 Å². The third-order valence-electron chi connectivity index (χ3n) is 4.10. The molecule has 0 aliphatic heterocycles. The Morgan fingerprint density at radius 1 is 1.00 bits per heavy atom. The molecule has 0 saturated carbocycles. The SMILES string of the molecule is NS(=O)(=O)c1cccc(Nc2nccc(-n3c(C(F)(F)F)nc4ccccc43)n2)c1. The van der Waals surface area contributed by atoms with Gasteiger partial charge in [0.15, 0.2) is 0 Å². The van der Waals surface area contributed by atoms with E-state index in [0.717, 1.165) is 4.57 Å². The molecule has 0 fully saturated rings. The van der Waals surface area contributed by atoms with Crippen molar-refractivity contribution in [2.45, 2.75) is 11.1 Å². The Hall–Kier alpha value is -3.51. The molecule has 0 radical (unpaired) electrons. The number of aromatic nitrogens is 4. The summed E-state index contributed by atoms with van der Waals surface area (Å²) in [5.74, 6) is -1.22. The van der Waals surface area contributed by atoms with Crippen LogP contribution in [0.2, 0.25) is 0 Å². The van der Waals surface area contributed by atoms with Crippen LogP contribution in [0.3, 0.4) is 0 Å². The maximum atomic E-state index is 13.6. The zero-order valence-corrected chi connectivity index (χ0v) is 15.8. The molecule has 8 nitrogen and oxygen atoms in total. The van der Waals surface area contributed by atoms with Crippen molar-refractivity contribution in [3.05, 3.63) is 66.6 Å². The van der Waals surface area contributed by atoms with E-state index in [4.69, 9.17) is 5.14 Å². The van der Waals surface area contributed by atoms with Crippen molar-refractivity contribution in [3.63, 3.8) is 0 Å². The van der Waals surface area contributed by atoms with Crippen LogP contribution in [0.25, 0.3) is 16.9 Å². The molecule has 2 aromatic carbocycles. The van der Waals surface area contributed by atoms with Gasteiger partial charge in [0.05, 0.1) is 15.9 Å². The molecule has 2 aromatic heterocycles. The minimum Gasteiger partial charge on any atom is -0.324 e. The van der Waals surface area contributed by atoms with Crippen molar-refractivity contribution >= 4 is 32.7 Å². The van der Waals surface area contributed by atoms with Gasteiger partial charge in [0, 0.05) is 11.9 Å². The lowest BCUT2D eigenvalue weighted by Crippen LogP contribution is -2.15. The molecular formula is C18H13F3N6O2S. The summed E-state index contributed by atoms with van der Waals surface area (Å²) in [4.78, 5) is 11.7. The average Bonchev–Trinajstić information content (AvgIpc) is 3.08. The summed E-state index contributed by atoms with van der Waals surface area (Å²) in [6, 6.07) is 13.0. The van der Waals surface area contributed by atoms with Crippen LogP contribution < -0.4 is 10.5 Å². The predicted molar refractivity (Wildman–Crippen MR) is 103 cm³/mol. The topological polar surface area (TPSA) is 116 Å². The smallest absolute Gasteiger partial charge is 0.324 e. The van der Waals surface area contributed by atoms with E-state index in [1.807, 2.05) is 0 Å². The normalized spacial score (nSPS) is 12.3. The van der Waals surface area contributed by atoms with E-state index in [1.54, 1.807) is 18.2 Å². The van der Waals surface area contributed by atoms with E-state index in [1.165, 1.54) is 42.6 Å². The van der Waals surface area contributed by atoms with Gasteiger partial charge in [-0.25, -0.2) is 23.5 Å². The molecule has 0 unspecified atom stereocenters. The van der Waals surface area contributed by atoms with Crippen LogP contribution in [-0.4, -0.2) is 27.9 Å². The lowest BCUT2D eigenvalue weighted by atomic mass is 10.3. The first-order valence-electron chi connectivity index (χ1n) is 8.41. The molecule has 154 valence electrons. The quantitative estimate of drug-likeness (QED) is 0.510. The number of fused-ring (bicyclic) bond motifs is 1. The van der Waals surface area contributed by atoms with Crippen LogP contribution in [0, 0.1) is 0 Å². The van der Waals surface area contributed by atoms with Gasteiger partial charge >= 0.3 is 6.18 Å². The second kappa shape index (κ2) is 7.07. The number of hydrogen-bond donors (Lipinski definition) is 2. The molecule has 0 aliphatic rings. The molecule has 0 spiro atoms. The number of anilines is 2. The van der Waals surface area contributed by atoms with Crippen LogP contribution in [0.5, 0.6) is 0 Å². The molecule has 4 rings (SSSR count). The second-order valence-electron chi connectivity index (χ2n) is 6.19. The molecule has 0 aliphatic carbocycles. The number of primary sulfonamides is 1. The summed E-state index contributed by atoms with van der Waals surface area (Å²) < 4.78 is 64.6. The number of benzene rings is 2. The highest BCUT2D eigenvalue weighted by Gasteiger charge is 2.38. The van der Waals surface area contributed by atoms with Gasteiger partial charge in [-0.2, -0.15) is 18.2 Å². The van der Waals surface area contributed by atoms with Gasteiger partial charge in [0.25, 0.3) is 0 Å². The Labute approximate surface area is 168 Å². The standard InChI is InChI=1S/C18H13F3N6O2S/c19-18(20,21)16-25-13-6-1-2-7-14(13)27(16)15-8-9-23-17(26-15)24-11-4-3-5-12(10-11)30(22,28)29/h1-10H,(H2,22,28,29)(H,23,24,26). The van der Waals surface area contributed by atoms with Crippen LogP contribution in [0.15, 0.2) is 65.7 Å². The predicted octanol–water partition coefficient (Wildman–Crippen LogP) is 3.23. The summed E-state index contributed by atoms with van der Waals surface area (Å²) >= 11 is 0. The van der Waals surface area contributed by atoms with Crippen LogP contribution in [-0.2, 0) is 16.2 Å². The zero-order valence-electron chi connectivity index (χ0n) is 15.0. The number of sulfonamides is 1. The molecule has 12 heteroatoms. The molecule has 3 N–H and O–H groups in total. The average molecular weight is 434 g/mol. The number of hydrogen-bond acceptors (Lipinski definition) is 6. The lowest BCUT2D eigenvalue weighted by molar-refractivity contribution is -0.145. The van der Waals surface area contributed by atoms with Gasteiger partial charge in [-0.1, -0.05) is 18.2 Å². The highest BCUT2D eigenvalue weighted by Crippen LogP contribution is 2.33. The van der Waals surface area contributed by atoms with Gasteiger partial charge < -0.3 is 5.32 Å². The third kappa shape index (κ3) is 3.82. The highest BCUT2D eigenvalue weighted by molar-refractivity contribution is 7.89. The van der Waals surface area contributed by atoms with Gasteiger partial charge in [-0.15, -0.1) is 0 Å². The molecule has 0 amide bonds. The van der Waals surface area contributed by atoms with E-state index < -0.39 is 22.0 Å². The van der Waals surface area contributed by atoms with Gasteiger partial charge in [-0.3, -0.25) is 4.57 Å². The maximum absolute atomic E-state index is 13.6. The van der Waals surface area contributed by atoms with Gasteiger partial charge in [0.1, 0.15) is 5.82 Å². The Morgan fingerprint density at radius 2 is 1.77 bits per heavy atom. The van der Waals surface area contributed by atoms with Crippen LogP contribution >= 0.6 is 0 Å².